The maximum Gasteiger partial charge on any atom is 0.224 e. The lowest BCUT2D eigenvalue weighted by Crippen LogP contribution is -2.21. The summed E-state index contributed by atoms with van der Waals surface area (Å²) in [5.74, 6) is 0.584. The minimum absolute atomic E-state index is 0.406. The van der Waals surface area contributed by atoms with Crippen molar-refractivity contribution in [1.82, 2.24) is 9.97 Å². The smallest absolute Gasteiger partial charge is 0.224 e. The second-order valence-corrected chi connectivity index (χ2v) is 4.60. The Hall–Kier alpha value is -1.63. The maximum absolute atomic E-state index is 8.90. The highest BCUT2D eigenvalue weighted by Gasteiger charge is 2.09. The van der Waals surface area contributed by atoms with E-state index >= 15 is 0 Å². The zero-order valence-corrected chi connectivity index (χ0v) is 11.5. The highest BCUT2D eigenvalue weighted by atomic mass is 15.1. The van der Waals surface area contributed by atoms with Crippen LogP contribution in [-0.4, -0.2) is 16.0 Å². The van der Waals surface area contributed by atoms with Gasteiger partial charge < -0.3 is 5.32 Å². The molecule has 1 heterocycles. The third-order valence-corrected chi connectivity index (χ3v) is 2.85. The minimum atomic E-state index is 0.406. The molecule has 1 aromatic heterocycles. The molecular weight excluding hydrogens is 224 g/mol. The molecule has 1 rings (SSSR count). The van der Waals surface area contributed by atoms with Gasteiger partial charge in [0, 0.05) is 11.7 Å². The zero-order valence-electron chi connectivity index (χ0n) is 11.5. The Morgan fingerprint density at radius 3 is 2.67 bits per heavy atom. The first kappa shape index (κ1) is 14.4. The minimum Gasteiger partial charge on any atom is -0.351 e. The number of anilines is 1. The van der Waals surface area contributed by atoms with Crippen molar-refractivity contribution in [2.24, 2.45) is 0 Å². The average molecular weight is 246 g/mol. The number of unbranched alkanes of at least 4 members (excludes halogenated alkanes) is 1. The van der Waals surface area contributed by atoms with Gasteiger partial charge in [-0.05, 0) is 25.8 Å². The Morgan fingerprint density at radius 1 is 1.28 bits per heavy atom. The fraction of sp³-hybridized carbons (Fsp3) is 0.643. The van der Waals surface area contributed by atoms with Crippen molar-refractivity contribution >= 4 is 5.95 Å². The third-order valence-electron chi connectivity index (χ3n) is 2.85. The molecule has 0 aliphatic carbocycles. The molecule has 0 fully saturated rings. The van der Waals surface area contributed by atoms with Crippen molar-refractivity contribution in [1.29, 1.82) is 5.26 Å². The maximum atomic E-state index is 8.90. The molecule has 0 saturated heterocycles. The first-order valence-corrected chi connectivity index (χ1v) is 6.71. The van der Waals surface area contributed by atoms with Crippen LogP contribution in [0.2, 0.25) is 0 Å². The molecule has 1 unspecified atom stereocenters. The van der Waals surface area contributed by atoms with E-state index in [9.17, 15) is 0 Å². The van der Waals surface area contributed by atoms with Gasteiger partial charge in [0.15, 0.2) is 0 Å². The Kier molecular flexibility index (Phi) is 6.13. The van der Waals surface area contributed by atoms with Crippen LogP contribution >= 0.6 is 0 Å². The Balaban J connectivity index is 2.73. The Labute approximate surface area is 109 Å². The van der Waals surface area contributed by atoms with Crippen LogP contribution in [0.1, 0.15) is 57.3 Å². The van der Waals surface area contributed by atoms with Crippen LogP contribution in [0.4, 0.5) is 5.95 Å². The van der Waals surface area contributed by atoms with Crippen LogP contribution in [-0.2, 0) is 0 Å². The largest absolute Gasteiger partial charge is 0.351 e. The summed E-state index contributed by atoms with van der Waals surface area (Å²) in [6.45, 7) is 6.26. The normalized spacial score (nSPS) is 11.9. The summed E-state index contributed by atoms with van der Waals surface area (Å²) >= 11 is 0. The van der Waals surface area contributed by atoms with Gasteiger partial charge in [-0.3, -0.25) is 0 Å². The van der Waals surface area contributed by atoms with E-state index < -0.39 is 0 Å². The number of aryl methyl sites for hydroxylation is 1. The lowest BCUT2D eigenvalue weighted by atomic mass is 10.1. The quantitative estimate of drug-likeness (QED) is 0.800. The number of rotatable bonds is 7. The van der Waals surface area contributed by atoms with E-state index in [1.807, 2.05) is 6.92 Å². The first-order valence-electron chi connectivity index (χ1n) is 6.71. The SMILES string of the molecule is CCCCC(CCC)Nc1nc(C)cc(C#N)n1. The standard InChI is InChI=1S/C14H22N4/c1-4-6-8-12(7-5-2)17-14-16-11(3)9-13(10-15)18-14/h9,12H,4-8H2,1-3H3,(H,16,17,18). The molecule has 0 spiro atoms. The molecule has 0 saturated carbocycles. The van der Waals surface area contributed by atoms with Crippen molar-refractivity contribution < 1.29 is 0 Å². The number of nitrogens with zero attached hydrogens (tertiary/aromatic N) is 3. The van der Waals surface area contributed by atoms with E-state index in [1.165, 1.54) is 12.8 Å². The van der Waals surface area contributed by atoms with E-state index in [-0.39, 0.29) is 0 Å². The molecule has 0 aromatic carbocycles. The number of aromatic nitrogens is 2. The van der Waals surface area contributed by atoms with E-state index in [0.717, 1.165) is 25.0 Å². The molecule has 4 heteroatoms. The third kappa shape index (κ3) is 4.70. The summed E-state index contributed by atoms with van der Waals surface area (Å²) in [4.78, 5) is 8.54. The molecule has 0 radical (unpaired) electrons. The Bertz CT molecular complexity index is 409. The molecule has 4 nitrogen and oxygen atoms in total. The molecule has 1 aromatic rings. The van der Waals surface area contributed by atoms with Gasteiger partial charge in [0.1, 0.15) is 11.8 Å². The number of hydrogen-bond acceptors (Lipinski definition) is 4. The van der Waals surface area contributed by atoms with Gasteiger partial charge in [-0.2, -0.15) is 5.26 Å². The lowest BCUT2D eigenvalue weighted by molar-refractivity contribution is 0.560. The molecule has 0 aliphatic rings. The summed E-state index contributed by atoms with van der Waals surface area (Å²) in [5, 5.41) is 12.3. The average Bonchev–Trinajstić information content (AvgIpc) is 2.35. The van der Waals surface area contributed by atoms with Gasteiger partial charge in [0.05, 0.1) is 0 Å². The van der Waals surface area contributed by atoms with Crippen LogP contribution < -0.4 is 5.32 Å². The van der Waals surface area contributed by atoms with Gasteiger partial charge in [0.2, 0.25) is 5.95 Å². The molecule has 1 N–H and O–H groups in total. The van der Waals surface area contributed by atoms with Crippen molar-refractivity contribution in [3.63, 3.8) is 0 Å². The van der Waals surface area contributed by atoms with Crippen LogP contribution in [0.3, 0.4) is 0 Å². The molecule has 0 aliphatic heterocycles. The van der Waals surface area contributed by atoms with Gasteiger partial charge in [-0.1, -0.05) is 33.1 Å². The molecular formula is C14H22N4. The van der Waals surface area contributed by atoms with Crippen molar-refractivity contribution in [3.8, 4) is 6.07 Å². The first-order chi connectivity index (χ1) is 8.69. The summed E-state index contributed by atoms with van der Waals surface area (Å²) < 4.78 is 0. The predicted octanol–water partition coefficient (Wildman–Crippen LogP) is 3.43. The van der Waals surface area contributed by atoms with E-state index in [0.29, 0.717) is 17.7 Å². The van der Waals surface area contributed by atoms with Crippen molar-refractivity contribution in [2.45, 2.75) is 58.9 Å². The second-order valence-electron chi connectivity index (χ2n) is 4.60. The summed E-state index contributed by atoms with van der Waals surface area (Å²) in [6, 6.07) is 4.17. The van der Waals surface area contributed by atoms with E-state index in [1.54, 1.807) is 6.07 Å². The summed E-state index contributed by atoms with van der Waals surface area (Å²) in [5.41, 5.74) is 1.26. The summed E-state index contributed by atoms with van der Waals surface area (Å²) in [7, 11) is 0. The van der Waals surface area contributed by atoms with Crippen LogP contribution in [0, 0.1) is 18.3 Å². The van der Waals surface area contributed by atoms with Crippen LogP contribution in [0.15, 0.2) is 6.07 Å². The van der Waals surface area contributed by atoms with Gasteiger partial charge in [0.25, 0.3) is 0 Å². The zero-order chi connectivity index (χ0) is 13.4. The number of hydrogen-bond donors (Lipinski definition) is 1. The Morgan fingerprint density at radius 2 is 2.06 bits per heavy atom. The molecule has 98 valence electrons. The van der Waals surface area contributed by atoms with Crippen molar-refractivity contribution in [2.75, 3.05) is 5.32 Å². The molecule has 18 heavy (non-hydrogen) atoms. The fourth-order valence-corrected chi connectivity index (χ4v) is 1.96. The monoisotopic (exact) mass is 246 g/mol. The fourth-order valence-electron chi connectivity index (χ4n) is 1.96. The van der Waals surface area contributed by atoms with Gasteiger partial charge in [-0.15, -0.1) is 0 Å². The van der Waals surface area contributed by atoms with Crippen LogP contribution in [0.25, 0.3) is 0 Å². The number of nitrogens with one attached hydrogen (secondary N) is 1. The topological polar surface area (TPSA) is 61.6 Å². The molecule has 0 bridgehead atoms. The lowest BCUT2D eigenvalue weighted by Gasteiger charge is -2.17. The highest BCUT2D eigenvalue weighted by molar-refractivity contribution is 5.33. The highest BCUT2D eigenvalue weighted by Crippen LogP contribution is 2.13. The van der Waals surface area contributed by atoms with E-state index in [4.69, 9.17) is 5.26 Å². The predicted molar refractivity (Wildman–Crippen MR) is 73.3 cm³/mol. The summed E-state index contributed by atoms with van der Waals surface area (Å²) in [6.07, 6.45) is 5.77. The molecule has 1 atom stereocenters. The van der Waals surface area contributed by atoms with Gasteiger partial charge >= 0.3 is 0 Å². The van der Waals surface area contributed by atoms with Crippen LogP contribution in [0.5, 0.6) is 0 Å². The number of nitriles is 1. The second kappa shape index (κ2) is 7.65. The van der Waals surface area contributed by atoms with Crippen molar-refractivity contribution in [3.05, 3.63) is 17.5 Å². The van der Waals surface area contributed by atoms with E-state index in [2.05, 4.69) is 35.2 Å². The van der Waals surface area contributed by atoms with Gasteiger partial charge in [-0.25, -0.2) is 9.97 Å². The molecule has 0 amide bonds.